The molecule has 0 radical (unpaired) electrons. The molecule has 0 unspecified atom stereocenters. The van der Waals surface area contributed by atoms with Gasteiger partial charge in [-0.3, -0.25) is 4.79 Å². The maximum atomic E-state index is 13.3. The summed E-state index contributed by atoms with van der Waals surface area (Å²) in [6, 6.07) is 4.19. The number of hydrogen-bond acceptors (Lipinski definition) is 4. The molecule has 1 aromatic heterocycles. The summed E-state index contributed by atoms with van der Waals surface area (Å²) < 4.78 is 0. The number of nitrogens with zero attached hydrogens (tertiary/aromatic N) is 3. The summed E-state index contributed by atoms with van der Waals surface area (Å²) in [6.07, 6.45) is 8.03. The number of anilines is 1. The van der Waals surface area contributed by atoms with Crippen molar-refractivity contribution in [2.45, 2.75) is 57.1 Å². The Kier molecular flexibility index (Phi) is 4.63. The lowest BCUT2D eigenvalue weighted by molar-refractivity contribution is -0.139. The first kappa shape index (κ1) is 17.1. The monoisotopic (exact) mass is 363 g/mol. The molecule has 4 rings (SSSR count). The summed E-state index contributed by atoms with van der Waals surface area (Å²) in [5.74, 6) is 0.332. The van der Waals surface area contributed by atoms with Gasteiger partial charge in [-0.05, 0) is 57.1 Å². The van der Waals surface area contributed by atoms with Crippen molar-refractivity contribution in [1.29, 1.82) is 0 Å². The quantitative estimate of drug-likeness (QED) is 0.821. The molecule has 1 spiro atoms. The van der Waals surface area contributed by atoms with Gasteiger partial charge in [0.2, 0.25) is 5.91 Å². The van der Waals surface area contributed by atoms with Gasteiger partial charge >= 0.3 is 0 Å². The molecule has 0 aromatic carbocycles. The molecule has 1 saturated carbocycles. The predicted molar refractivity (Wildman–Crippen MR) is 97.7 cm³/mol. The van der Waals surface area contributed by atoms with E-state index in [2.05, 4.69) is 14.8 Å². The van der Waals surface area contributed by atoms with Gasteiger partial charge < -0.3 is 14.9 Å². The van der Waals surface area contributed by atoms with Gasteiger partial charge in [-0.15, -0.1) is 0 Å². The molecule has 1 N–H and O–H groups in total. The number of amides is 1. The van der Waals surface area contributed by atoms with E-state index in [-0.39, 0.29) is 11.5 Å². The molecule has 1 amide bonds. The van der Waals surface area contributed by atoms with Crippen LogP contribution in [0, 0.1) is 5.41 Å². The Morgan fingerprint density at radius 2 is 2.00 bits per heavy atom. The van der Waals surface area contributed by atoms with Crippen LogP contribution in [-0.2, 0) is 4.79 Å². The largest absolute Gasteiger partial charge is 0.393 e. The Labute approximate surface area is 154 Å². The fourth-order valence-corrected chi connectivity index (χ4v) is 5.05. The van der Waals surface area contributed by atoms with Crippen LogP contribution >= 0.6 is 11.6 Å². The lowest BCUT2D eigenvalue weighted by atomic mass is 9.78. The minimum Gasteiger partial charge on any atom is -0.393 e. The molecule has 25 heavy (non-hydrogen) atoms. The molecule has 1 aromatic rings. The topological polar surface area (TPSA) is 56.7 Å². The Balaban J connectivity index is 1.49. The smallest absolute Gasteiger partial charge is 0.230 e. The standard InChI is InChI=1S/C19H26ClN3O2/c20-17-12-15(6-9-21-17)22-10-1-7-19(13-22)8-11-23(18(19)25)14-2-4-16(24)5-3-14/h6,9,12,14,16,24H,1-5,7-8,10-11,13H2/t14-,16-,19-/m1/s1. The molecular weight excluding hydrogens is 338 g/mol. The normalized spacial score (nSPS) is 33.3. The van der Waals surface area contributed by atoms with E-state index >= 15 is 0 Å². The zero-order chi connectivity index (χ0) is 17.4. The van der Waals surface area contributed by atoms with E-state index in [1.165, 1.54) is 0 Å². The molecule has 5 nitrogen and oxygen atoms in total. The number of aromatic nitrogens is 1. The molecule has 6 heteroatoms. The van der Waals surface area contributed by atoms with Crippen molar-refractivity contribution in [3.05, 3.63) is 23.5 Å². The summed E-state index contributed by atoms with van der Waals surface area (Å²) >= 11 is 6.05. The number of likely N-dealkylation sites (tertiary alicyclic amines) is 1. The number of pyridine rings is 1. The summed E-state index contributed by atoms with van der Waals surface area (Å²) in [7, 11) is 0. The third-order valence-electron chi connectivity index (χ3n) is 6.30. The fraction of sp³-hybridized carbons (Fsp3) is 0.684. The molecule has 3 fully saturated rings. The van der Waals surface area contributed by atoms with Crippen LogP contribution in [0.3, 0.4) is 0 Å². The second-order valence-electron chi connectivity index (χ2n) is 7.85. The summed E-state index contributed by atoms with van der Waals surface area (Å²) in [6.45, 7) is 2.60. The van der Waals surface area contributed by atoms with Crippen LogP contribution in [0.2, 0.25) is 5.15 Å². The van der Waals surface area contributed by atoms with E-state index in [0.717, 1.165) is 70.3 Å². The number of rotatable bonds is 2. The third kappa shape index (κ3) is 3.24. The van der Waals surface area contributed by atoms with Crippen molar-refractivity contribution < 1.29 is 9.90 Å². The van der Waals surface area contributed by atoms with Crippen LogP contribution in [0.4, 0.5) is 5.69 Å². The number of aliphatic hydroxyl groups is 1. The van der Waals surface area contributed by atoms with Gasteiger partial charge in [-0.1, -0.05) is 11.6 Å². The minimum atomic E-state index is -0.246. The highest BCUT2D eigenvalue weighted by Gasteiger charge is 2.50. The van der Waals surface area contributed by atoms with Crippen molar-refractivity contribution in [3.8, 4) is 0 Å². The van der Waals surface area contributed by atoms with Crippen LogP contribution in [0.15, 0.2) is 18.3 Å². The lowest BCUT2D eigenvalue weighted by Gasteiger charge is -2.41. The second-order valence-corrected chi connectivity index (χ2v) is 8.24. The average Bonchev–Trinajstić information content (AvgIpc) is 2.92. The lowest BCUT2D eigenvalue weighted by Crippen LogP contribution is -2.50. The molecule has 136 valence electrons. The third-order valence-corrected chi connectivity index (χ3v) is 6.51. The minimum absolute atomic E-state index is 0.176. The van der Waals surface area contributed by atoms with Crippen LogP contribution in [0.5, 0.6) is 0 Å². The van der Waals surface area contributed by atoms with Crippen LogP contribution in [0.25, 0.3) is 0 Å². The van der Waals surface area contributed by atoms with Crippen molar-refractivity contribution in [2.24, 2.45) is 5.41 Å². The molecule has 3 heterocycles. The number of aliphatic hydroxyl groups excluding tert-OH is 1. The van der Waals surface area contributed by atoms with Gasteiger partial charge in [0.25, 0.3) is 0 Å². The highest BCUT2D eigenvalue weighted by Crippen LogP contribution is 2.43. The number of hydrogen-bond donors (Lipinski definition) is 1. The molecule has 0 bridgehead atoms. The van der Waals surface area contributed by atoms with Gasteiger partial charge in [0.05, 0.1) is 11.5 Å². The van der Waals surface area contributed by atoms with Gasteiger partial charge in [-0.25, -0.2) is 4.98 Å². The number of carbonyl (C=O) groups is 1. The highest BCUT2D eigenvalue weighted by atomic mass is 35.5. The molecule has 3 aliphatic rings. The second kappa shape index (κ2) is 6.76. The van der Waals surface area contributed by atoms with E-state index in [9.17, 15) is 9.90 Å². The predicted octanol–water partition coefficient (Wildman–Crippen LogP) is 2.86. The van der Waals surface area contributed by atoms with Crippen LogP contribution in [0.1, 0.15) is 44.9 Å². The van der Waals surface area contributed by atoms with Gasteiger partial charge in [0.15, 0.2) is 0 Å². The summed E-state index contributed by atoms with van der Waals surface area (Å²) in [5.41, 5.74) is 0.815. The van der Waals surface area contributed by atoms with Gasteiger partial charge in [0, 0.05) is 37.6 Å². The van der Waals surface area contributed by atoms with Crippen molar-refractivity contribution in [2.75, 3.05) is 24.5 Å². The first-order valence-electron chi connectivity index (χ1n) is 9.43. The Bertz CT molecular complexity index is 647. The SMILES string of the molecule is O=C1N([C@H]2CC[C@H](O)CC2)CC[C@@]12CCCN(c1ccnc(Cl)c1)C2. The van der Waals surface area contributed by atoms with Crippen LogP contribution in [-0.4, -0.2) is 52.7 Å². The van der Waals surface area contributed by atoms with Crippen molar-refractivity contribution in [3.63, 3.8) is 0 Å². The fourth-order valence-electron chi connectivity index (χ4n) is 4.89. The maximum Gasteiger partial charge on any atom is 0.230 e. The van der Waals surface area contributed by atoms with E-state index in [1.54, 1.807) is 6.20 Å². The highest BCUT2D eigenvalue weighted by molar-refractivity contribution is 6.29. The molecule has 1 aliphatic carbocycles. The Morgan fingerprint density at radius 3 is 2.76 bits per heavy atom. The zero-order valence-corrected chi connectivity index (χ0v) is 15.3. The maximum absolute atomic E-state index is 13.3. The Morgan fingerprint density at radius 1 is 1.20 bits per heavy atom. The van der Waals surface area contributed by atoms with E-state index in [0.29, 0.717) is 17.1 Å². The molecule has 1 atom stereocenters. The van der Waals surface area contributed by atoms with Crippen molar-refractivity contribution >= 4 is 23.2 Å². The zero-order valence-electron chi connectivity index (χ0n) is 14.5. The first-order chi connectivity index (χ1) is 12.1. The Hall–Kier alpha value is -1.33. The average molecular weight is 364 g/mol. The molecule has 2 saturated heterocycles. The number of carbonyl (C=O) groups excluding carboxylic acids is 1. The molecule has 2 aliphatic heterocycles. The molecular formula is C19H26ClN3O2. The van der Waals surface area contributed by atoms with Gasteiger partial charge in [-0.2, -0.15) is 0 Å². The first-order valence-corrected chi connectivity index (χ1v) is 9.81. The number of halogens is 1. The van der Waals surface area contributed by atoms with E-state index in [4.69, 9.17) is 11.6 Å². The van der Waals surface area contributed by atoms with Gasteiger partial charge in [0.1, 0.15) is 5.15 Å². The van der Waals surface area contributed by atoms with E-state index in [1.807, 2.05) is 12.1 Å². The number of piperidine rings is 1. The summed E-state index contributed by atoms with van der Waals surface area (Å²) in [4.78, 5) is 21.8. The van der Waals surface area contributed by atoms with Crippen LogP contribution < -0.4 is 4.90 Å². The van der Waals surface area contributed by atoms with E-state index < -0.39 is 0 Å². The summed E-state index contributed by atoms with van der Waals surface area (Å²) in [5, 5.41) is 10.2. The van der Waals surface area contributed by atoms with Crippen molar-refractivity contribution in [1.82, 2.24) is 9.88 Å².